The molecule has 0 radical (unpaired) electrons. The van der Waals surface area contributed by atoms with Gasteiger partial charge in [-0.25, -0.2) is 0 Å². The van der Waals surface area contributed by atoms with Crippen LogP contribution in [0.15, 0.2) is 6.20 Å². The van der Waals surface area contributed by atoms with Crippen LogP contribution in [0.5, 0.6) is 0 Å². The lowest BCUT2D eigenvalue weighted by molar-refractivity contribution is 0.102. The smallest absolute Gasteiger partial charge is 0.108 e. The van der Waals surface area contributed by atoms with Crippen molar-refractivity contribution >= 4 is 0 Å². The van der Waals surface area contributed by atoms with Crippen LogP contribution in [0.25, 0.3) is 0 Å². The molecule has 0 spiro atoms. The van der Waals surface area contributed by atoms with Crippen LogP contribution in [0.2, 0.25) is 0 Å². The first kappa shape index (κ1) is 12.1. The van der Waals surface area contributed by atoms with Gasteiger partial charge < -0.3 is 15.6 Å². The first-order valence-electron chi connectivity index (χ1n) is 5.14. The summed E-state index contributed by atoms with van der Waals surface area (Å²) in [5, 5.41) is 16.4. The van der Waals surface area contributed by atoms with Crippen LogP contribution in [-0.2, 0) is 17.9 Å². The highest BCUT2D eigenvalue weighted by Gasteiger charge is 2.00. The van der Waals surface area contributed by atoms with Gasteiger partial charge in [0, 0.05) is 19.8 Å². The number of nitrogens with zero attached hydrogens (tertiary/aromatic N) is 3. The SMILES string of the molecule is NCCCn1cc(COCCCO)nn1. The summed E-state index contributed by atoms with van der Waals surface area (Å²) >= 11 is 0. The Morgan fingerprint density at radius 1 is 1.47 bits per heavy atom. The Labute approximate surface area is 89.0 Å². The van der Waals surface area contributed by atoms with E-state index in [9.17, 15) is 0 Å². The highest BCUT2D eigenvalue weighted by atomic mass is 16.5. The topological polar surface area (TPSA) is 86.2 Å². The minimum Gasteiger partial charge on any atom is -0.396 e. The monoisotopic (exact) mass is 214 g/mol. The Balaban J connectivity index is 2.20. The van der Waals surface area contributed by atoms with E-state index in [1.54, 1.807) is 4.68 Å². The second kappa shape index (κ2) is 7.33. The molecular formula is C9H18N4O2. The van der Waals surface area contributed by atoms with Gasteiger partial charge in [-0.2, -0.15) is 0 Å². The van der Waals surface area contributed by atoms with Crippen LogP contribution < -0.4 is 5.73 Å². The number of hydrogen-bond acceptors (Lipinski definition) is 5. The van der Waals surface area contributed by atoms with Crippen molar-refractivity contribution in [1.82, 2.24) is 15.0 Å². The Kier molecular flexibility index (Phi) is 5.91. The van der Waals surface area contributed by atoms with Crippen molar-refractivity contribution in [3.63, 3.8) is 0 Å². The fraction of sp³-hybridized carbons (Fsp3) is 0.778. The summed E-state index contributed by atoms with van der Waals surface area (Å²) in [6, 6.07) is 0. The molecule has 1 heterocycles. The molecule has 0 saturated carbocycles. The molecule has 0 bridgehead atoms. The normalized spacial score (nSPS) is 10.8. The predicted octanol–water partition coefficient (Wildman–Crippen LogP) is -0.474. The largest absolute Gasteiger partial charge is 0.396 e. The van der Waals surface area contributed by atoms with Gasteiger partial charge in [0.25, 0.3) is 0 Å². The molecule has 1 rings (SSSR count). The molecule has 6 heteroatoms. The van der Waals surface area contributed by atoms with E-state index in [0.717, 1.165) is 18.7 Å². The highest BCUT2D eigenvalue weighted by molar-refractivity contribution is 4.89. The fourth-order valence-corrected chi connectivity index (χ4v) is 1.11. The van der Waals surface area contributed by atoms with Crippen LogP contribution in [0, 0.1) is 0 Å². The Morgan fingerprint density at radius 2 is 2.33 bits per heavy atom. The van der Waals surface area contributed by atoms with Crippen LogP contribution in [-0.4, -0.2) is 39.9 Å². The molecule has 1 aromatic rings. The molecule has 0 aliphatic rings. The van der Waals surface area contributed by atoms with E-state index in [-0.39, 0.29) is 6.61 Å². The molecule has 1 aromatic heterocycles. The summed E-state index contributed by atoms with van der Waals surface area (Å²) in [4.78, 5) is 0. The van der Waals surface area contributed by atoms with Gasteiger partial charge in [0.05, 0.1) is 12.8 Å². The van der Waals surface area contributed by atoms with E-state index >= 15 is 0 Å². The van der Waals surface area contributed by atoms with E-state index in [4.69, 9.17) is 15.6 Å². The molecule has 0 atom stereocenters. The van der Waals surface area contributed by atoms with E-state index < -0.39 is 0 Å². The third kappa shape index (κ3) is 4.87. The van der Waals surface area contributed by atoms with E-state index in [1.165, 1.54) is 0 Å². The number of nitrogens with two attached hydrogens (primary N) is 1. The van der Waals surface area contributed by atoms with Gasteiger partial charge in [0.15, 0.2) is 0 Å². The molecular weight excluding hydrogens is 196 g/mol. The van der Waals surface area contributed by atoms with Crippen LogP contribution in [0.3, 0.4) is 0 Å². The summed E-state index contributed by atoms with van der Waals surface area (Å²) < 4.78 is 7.04. The average Bonchev–Trinajstić information content (AvgIpc) is 2.69. The second-order valence-electron chi connectivity index (χ2n) is 3.24. The van der Waals surface area contributed by atoms with E-state index in [2.05, 4.69) is 10.3 Å². The highest BCUT2D eigenvalue weighted by Crippen LogP contribution is 1.97. The minimum atomic E-state index is 0.156. The van der Waals surface area contributed by atoms with Crippen molar-refractivity contribution in [3.05, 3.63) is 11.9 Å². The summed E-state index contributed by atoms with van der Waals surface area (Å²) in [5.74, 6) is 0. The molecule has 86 valence electrons. The first-order valence-corrected chi connectivity index (χ1v) is 5.14. The van der Waals surface area contributed by atoms with Crippen molar-refractivity contribution in [2.45, 2.75) is 26.0 Å². The van der Waals surface area contributed by atoms with Crippen molar-refractivity contribution in [3.8, 4) is 0 Å². The summed E-state index contributed by atoms with van der Waals surface area (Å²) in [6.07, 6.45) is 3.41. The molecule has 0 amide bonds. The predicted molar refractivity (Wildman–Crippen MR) is 55.1 cm³/mol. The number of rotatable bonds is 8. The Morgan fingerprint density at radius 3 is 3.07 bits per heavy atom. The third-order valence-corrected chi connectivity index (χ3v) is 1.87. The molecule has 0 aliphatic heterocycles. The molecule has 0 saturated heterocycles. The summed E-state index contributed by atoms with van der Waals surface area (Å²) in [7, 11) is 0. The number of aryl methyl sites for hydroxylation is 1. The Bertz CT molecular complexity index is 264. The molecule has 0 unspecified atom stereocenters. The zero-order chi connectivity index (χ0) is 10.9. The number of hydrogen-bond donors (Lipinski definition) is 2. The lowest BCUT2D eigenvalue weighted by Gasteiger charge is -1.98. The first-order chi connectivity index (χ1) is 7.36. The second-order valence-corrected chi connectivity index (χ2v) is 3.24. The zero-order valence-corrected chi connectivity index (χ0v) is 8.80. The number of aliphatic hydroxyl groups excluding tert-OH is 1. The van der Waals surface area contributed by atoms with Crippen molar-refractivity contribution in [1.29, 1.82) is 0 Å². The van der Waals surface area contributed by atoms with Gasteiger partial charge in [-0.05, 0) is 19.4 Å². The van der Waals surface area contributed by atoms with Gasteiger partial charge in [-0.1, -0.05) is 5.21 Å². The maximum absolute atomic E-state index is 8.54. The quantitative estimate of drug-likeness (QED) is 0.571. The van der Waals surface area contributed by atoms with Crippen molar-refractivity contribution < 1.29 is 9.84 Å². The zero-order valence-electron chi connectivity index (χ0n) is 8.80. The lowest BCUT2D eigenvalue weighted by atomic mass is 10.4. The number of ether oxygens (including phenoxy) is 1. The van der Waals surface area contributed by atoms with Crippen molar-refractivity contribution in [2.75, 3.05) is 19.8 Å². The number of aromatic nitrogens is 3. The van der Waals surface area contributed by atoms with E-state index in [1.807, 2.05) is 6.20 Å². The van der Waals surface area contributed by atoms with Crippen LogP contribution >= 0.6 is 0 Å². The molecule has 0 aromatic carbocycles. The molecule has 0 fully saturated rings. The van der Waals surface area contributed by atoms with Gasteiger partial charge in [0.1, 0.15) is 5.69 Å². The summed E-state index contributed by atoms with van der Waals surface area (Å²) in [6.45, 7) is 2.60. The minimum absolute atomic E-state index is 0.156. The van der Waals surface area contributed by atoms with Gasteiger partial charge in [-0.15, -0.1) is 5.10 Å². The van der Waals surface area contributed by atoms with Crippen LogP contribution in [0.1, 0.15) is 18.5 Å². The average molecular weight is 214 g/mol. The van der Waals surface area contributed by atoms with Gasteiger partial charge in [0.2, 0.25) is 0 Å². The molecule has 6 nitrogen and oxygen atoms in total. The lowest BCUT2D eigenvalue weighted by Crippen LogP contribution is -2.06. The molecule has 15 heavy (non-hydrogen) atoms. The number of aliphatic hydroxyl groups is 1. The maximum Gasteiger partial charge on any atom is 0.108 e. The van der Waals surface area contributed by atoms with Crippen molar-refractivity contribution in [2.24, 2.45) is 5.73 Å². The third-order valence-electron chi connectivity index (χ3n) is 1.87. The molecule has 3 N–H and O–H groups in total. The Hall–Kier alpha value is -0.980. The van der Waals surface area contributed by atoms with E-state index in [0.29, 0.717) is 26.2 Å². The van der Waals surface area contributed by atoms with Gasteiger partial charge in [-0.3, -0.25) is 4.68 Å². The standard InChI is InChI=1S/C9H18N4O2/c10-3-1-4-13-7-9(11-12-13)8-15-6-2-5-14/h7,14H,1-6,8,10H2. The summed E-state index contributed by atoms with van der Waals surface area (Å²) in [5.41, 5.74) is 6.20. The fourth-order valence-electron chi connectivity index (χ4n) is 1.11. The van der Waals surface area contributed by atoms with Crippen LogP contribution in [0.4, 0.5) is 0 Å². The molecule has 0 aliphatic carbocycles. The maximum atomic E-state index is 8.54. The van der Waals surface area contributed by atoms with Gasteiger partial charge >= 0.3 is 0 Å².